The van der Waals surface area contributed by atoms with Gasteiger partial charge in [0.25, 0.3) is 5.91 Å². The van der Waals surface area contributed by atoms with Gasteiger partial charge in [0.15, 0.2) is 11.5 Å². The van der Waals surface area contributed by atoms with Gasteiger partial charge in [0, 0.05) is 13.1 Å². The number of benzene rings is 2. The fourth-order valence-corrected chi connectivity index (χ4v) is 2.80. The Morgan fingerprint density at radius 1 is 1.00 bits per heavy atom. The van der Waals surface area contributed by atoms with Crippen LogP contribution in [0.2, 0.25) is 0 Å². The van der Waals surface area contributed by atoms with Crippen molar-refractivity contribution in [3.63, 3.8) is 0 Å². The molecule has 2 N–H and O–H groups in total. The highest BCUT2D eigenvalue weighted by Gasteiger charge is 2.13. The lowest BCUT2D eigenvalue weighted by Gasteiger charge is -2.08. The van der Waals surface area contributed by atoms with Gasteiger partial charge >= 0.3 is 0 Å². The van der Waals surface area contributed by atoms with Crippen LogP contribution in [0, 0.1) is 0 Å². The number of ether oxygens (including phenoxy) is 3. The molecule has 148 valence electrons. The van der Waals surface area contributed by atoms with E-state index < -0.39 is 0 Å². The zero-order valence-electron chi connectivity index (χ0n) is 15.8. The second-order valence-electron chi connectivity index (χ2n) is 6.36. The first-order valence-corrected chi connectivity index (χ1v) is 9.07. The van der Waals surface area contributed by atoms with Gasteiger partial charge in [-0.1, -0.05) is 18.2 Å². The first-order chi connectivity index (χ1) is 14.2. The Morgan fingerprint density at radius 3 is 2.55 bits per heavy atom. The minimum Gasteiger partial charge on any atom is -0.497 e. The van der Waals surface area contributed by atoms with Gasteiger partial charge in [-0.15, -0.1) is 0 Å². The van der Waals surface area contributed by atoms with E-state index in [1.807, 2.05) is 42.5 Å². The second kappa shape index (κ2) is 8.47. The van der Waals surface area contributed by atoms with Crippen LogP contribution in [0.25, 0.3) is 0 Å². The summed E-state index contributed by atoms with van der Waals surface area (Å²) in [5.74, 6) is 2.55. The van der Waals surface area contributed by atoms with E-state index in [0.29, 0.717) is 18.9 Å². The van der Waals surface area contributed by atoms with Crippen molar-refractivity contribution in [2.45, 2.75) is 13.1 Å². The zero-order valence-corrected chi connectivity index (χ0v) is 15.8. The number of carbonyl (C=O) groups is 1. The fraction of sp³-hybridized carbons (Fsp3) is 0.190. The maximum Gasteiger partial charge on any atom is 0.271 e. The van der Waals surface area contributed by atoms with E-state index in [9.17, 15) is 4.79 Å². The van der Waals surface area contributed by atoms with Crippen molar-refractivity contribution in [1.82, 2.24) is 15.3 Å². The van der Waals surface area contributed by atoms with Crippen LogP contribution in [0.4, 0.5) is 5.82 Å². The zero-order chi connectivity index (χ0) is 20.1. The van der Waals surface area contributed by atoms with Crippen molar-refractivity contribution in [2.24, 2.45) is 0 Å². The number of nitrogens with one attached hydrogen (secondary N) is 2. The van der Waals surface area contributed by atoms with Gasteiger partial charge in [-0.05, 0) is 35.4 Å². The van der Waals surface area contributed by atoms with Crippen LogP contribution in [0.1, 0.15) is 21.6 Å². The molecule has 0 bridgehead atoms. The minimum absolute atomic E-state index is 0.250. The Balaban J connectivity index is 1.29. The van der Waals surface area contributed by atoms with E-state index >= 15 is 0 Å². The van der Waals surface area contributed by atoms with Crippen molar-refractivity contribution in [2.75, 3.05) is 19.2 Å². The van der Waals surface area contributed by atoms with Crippen molar-refractivity contribution in [3.8, 4) is 17.2 Å². The third kappa shape index (κ3) is 4.55. The van der Waals surface area contributed by atoms with Crippen LogP contribution in [-0.4, -0.2) is 29.8 Å². The van der Waals surface area contributed by atoms with E-state index in [1.165, 1.54) is 12.4 Å². The Labute approximate surface area is 167 Å². The maximum atomic E-state index is 12.3. The molecule has 4 rings (SSSR count). The molecule has 0 aliphatic carbocycles. The van der Waals surface area contributed by atoms with Gasteiger partial charge < -0.3 is 24.8 Å². The molecule has 2 aromatic carbocycles. The van der Waals surface area contributed by atoms with Crippen LogP contribution in [0.3, 0.4) is 0 Å². The van der Waals surface area contributed by atoms with E-state index in [2.05, 4.69) is 20.6 Å². The molecule has 3 aromatic rings. The van der Waals surface area contributed by atoms with Gasteiger partial charge in [0.2, 0.25) is 6.79 Å². The summed E-state index contributed by atoms with van der Waals surface area (Å²) >= 11 is 0. The molecule has 1 aromatic heterocycles. The predicted molar refractivity (Wildman–Crippen MR) is 106 cm³/mol. The summed E-state index contributed by atoms with van der Waals surface area (Å²) in [5, 5.41) is 6.00. The Hall–Kier alpha value is -3.81. The quantitative estimate of drug-likeness (QED) is 0.638. The number of nitrogens with zero attached hydrogens (tertiary/aromatic N) is 2. The van der Waals surface area contributed by atoms with Crippen LogP contribution < -0.4 is 24.8 Å². The molecule has 0 radical (unpaired) electrons. The third-order valence-electron chi connectivity index (χ3n) is 4.41. The van der Waals surface area contributed by atoms with Crippen LogP contribution in [-0.2, 0) is 13.1 Å². The van der Waals surface area contributed by atoms with Crippen molar-refractivity contribution >= 4 is 11.7 Å². The largest absolute Gasteiger partial charge is 0.497 e. The summed E-state index contributed by atoms with van der Waals surface area (Å²) in [5.41, 5.74) is 2.25. The van der Waals surface area contributed by atoms with Crippen LogP contribution >= 0.6 is 0 Å². The third-order valence-corrected chi connectivity index (χ3v) is 4.41. The second-order valence-corrected chi connectivity index (χ2v) is 6.36. The highest BCUT2D eigenvalue weighted by atomic mass is 16.7. The van der Waals surface area contributed by atoms with E-state index in [0.717, 1.165) is 28.4 Å². The van der Waals surface area contributed by atoms with E-state index in [-0.39, 0.29) is 18.4 Å². The van der Waals surface area contributed by atoms with Crippen LogP contribution in [0.15, 0.2) is 54.9 Å². The molecule has 1 aliphatic rings. The predicted octanol–water partition coefficient (Wildman–Crippen LogP) is 2.76. The molecule has 0 atom stereocenters. The summed E-state index contributed by atoms with van der Waals surface area (Å²) in [6, 6.07) is 13.2. The Bertz CT molecular complexity index is 991. The van der Waals surface area contributed by atoms with Gasteiger partial charge in [-0.3, -0.25) is 4.79 Å². The highest BCUT2D eigenvalue weighted by Crippen LogP contribution is 2.32. The molecule has 0 fully saturated rings. The summed E-state index contributed by atoms with van der Waals surface area (Å²) < 4.78 is 15.8. The molecule has 8 heteroatoms. The first-order valence-electron chi connectivity index (χ1n) is 9.07. The smallest absolute Gasteiger partial charge is 0.271 e. The van der Waals surface area contributed by atoms with Crippen molar-refractivity contribution in [3.05, 3.63) is 71.7 Å². The lowest BCUT2D eigenvalue weighted by atomic mass is 10.2. The Morgan fingerprint density at radius 2 is 1.79 bits per heavy atom. The number of fused-ring (bicyclic) bond motifs is 1. The molecule has 0 saturated heterocycles. The standard InChI is InChI=1S/C21H20N4O4/c1-27-16-5-2-14(3-6-16)9-25-21(26)17-11-24-20(12-22-17)23-10-15-4-7-18-19(8-15)29-13-28-18/h2-8,11-12H,9-10,13H2,1H3,(H,23,24)(H,25,26). The molecule has 0 saturated carbocycles. The Kier molecular flexibility index (Phi) is 5.42. The SMILES string of the molecule is COc1ccc(CNC(=O)c2cnc(NCc3ccc4c(c3)OCO4)cn2)cc1. The number of rotatable bonds is 7. The molecule has 1 amide bonds. The van der Waals surface area contributed by atoms with Gasteiger partial charge in [0.1, 0.15) is 17.3 Å². The van der Waals surface area contributed by atoms with Crippen molar-refractivity contribution in [1.29, 1.82) is 0 Å². The molecule has 0 unspecified atom stereocenters. The maximum absolute atomic E-state index is 12.3. The molecular formula is C21H20N4O4. The first kappa shape index (κ1) is 18.5. The van der Waals surface area contributed by atoms with Gasteiger partial charge in [-0.2, -0.15) is 0 Å². The highest BCUT2D eigenvalue weighted by molar-refractivity contribution is 5.91. The number of hydrogen-bond donors (Lipinski definition) is 2. The molecule has 8 nitrogen and oxygen atoms in total. The number of hydrogen-bond acceptors (Lipinski definition) is 7. The number of carbonyl (C=O) groups excluding carboxylic acids is 1. The van der Waals surface area contributed by atoms with Crippen molar-refractivity contribution < 1.29 is 19.0 Å². The topological polar surface area (TPSA) is 94.6 Å². The molecule has 29 heavy (non-hydrogen) atoms. The summed E-state index contributed by atoms with van der Waals surface area (Å²) in [7, 11) is 1.61. The fourth-order valence-electron chi connectivity index (χ4n) is 2.80. The summed E-state index contributed by atoms with van der Waals surface area (Å²) in [6.45, 7) is 1.20. The van der Waals surface area contributed by atoms with E-state index in [4.69, 9.17) is 14.2 Å². The summed E-state index contributed by atoms with van der Waals surface area (Å²) in [4.78, 5) is 20.7. The van der Waals surface area contributed by atoms with Gasteiger partial charge in [0.05, 0.1) is 19.5 Å². The van der Waals surface area contributed by atoms with Gasteiger partial charge in [-0.25, -0.2) is 9.97 Å². The number of anilines is 1. The number of amides is 1. The molecule has 1 aliphatic heterocycles. The molecule has 2 heterocycles. The minimum atomic E-state index is -0.282. The number of methoxy groups -OCH3 is 1. The summed E-state index contributed by atoms with van der Waals surface area (Å²) in [6.07, 6.45) is 2.99. The average molecular weight is 392 g/mol. The lowest BCUT2D eigenvalue weighted by molar-refractivity contribution is 0.0945. The number of aromatic nitrogens is 2. The van der Waals surface area contributed by atoms with E-state index in [1.54, 1.807) is 7.11 Å². The molecule has 0 spiro atoms. The van der Waals surface area contributed by atoms with Crippen LogP contribution in [0.5, 0.6) is 17.2 Å². The normalized spacial score (nSPS) is 11.8. The average Bonchev–Trinajstić information content (AvgIpc) is 3.24. The molecular weight excluding hydrogens is 372 g/mol. The monoisotopic (exact) mass is 392 g/mol. The lowest BCUT2D eigenvalue weighted by Crippen LogP contribution is -2.24.